The molecular formula is C23H29F3N2O7. The van der Waals surface area contributed by atoms with Gasteiger partial charge in [-0.05, 0) is 40.2 Å². The van der Waals surface area contributed by atoms with E-state index >= 15 is 0 Å². The maximum absolute atomic E-state index is 13.1. The lowest BCUT2D eigenvalue weighted by molar-refractivity contribution is -0.180. The summed E-state index contributed by atoms with van der Waals surface area (Å²) in [6.07, 6.45) is -10.2. The summed E-state index contributed by atoms with van der Waals surface area (Å²) in [7, 11) is 0. The van der Waals surface area contributed by atoms with Gasteiger partial charge in [0.25, 0.3) is 0 Å². The molecule has 0 spiro atoms. The van der Waals surface area contributed by atoms with E-state index in [4.69, 9.17) is 18.9 Å². The van der Waals surface area contributed by atoms with Crippen molar-refractivity contribution in [1.82, 2.24) is 10.2 Å². The molecule has 2 heterocycles. The lowest BCUT2D eigenvalue weighted by Crippen LogP contribution is -2.68. The van der Waals surface area contributed by atoms with Crippen LogP contribution in [0.2, 0.25) is 0 Å². The highest BCUT2D eigenvalue weighted by Gasteiger charge is 2.59. The van der Waals surface area contributed by atoms with Crippen molar-refractivity contribution >= 4 is 18.0 Å². The molecule has 2 aliphatic rings. The Morgan fingerprint density at radius 1 is 1.09 bits per heavy atom. The summed E-state index contributed by atoms with van der Waals surface area (Å²) in [6.45, 7) is 7.27. The second-order valence-electron chi connectivity index (χ2n) is 9.81. The topological polar surface area (TPSA) is 103 Å². The largest absolute Gasteiger partial charge is 0.471 e. The summed E-state index contributed by atoms with van der Waals surface area (Å²) in [5, 5.41) is 1.81. The molecule has 0 saturated carbocycles. The minimum Gasteiger partial charge on any atom is -0.460 e. The van der Waals surface area contributed by atoms with E-state index in [9.17, 15) is 27.6 Å². The second kappa shape index (κ2) is 9.65. The van der Waals surface area contributed by atoms with E-state index in [1.807, 2.05) is 0 Å². The SMILES string of the molecule is CC(C)(C)OC(=O)N1CC(C(=O)OCc2ccccc2)C2OC(C)(C)OC2C1NC(=O)C(F)(F)F. The average Bonchev–Trinajstić information content (AvgIpc) is 3.05. The van der Waals surface area contributed by atoms with Crippen LogP contribution in [0.15, 0.2) is 30.3 Å². The molecule has 2 saturated heterocycles. The third-order valence-electron chi connectivity index (χ3n) is 5.29. The number of likely N-dealkylation sites (tertiary alicyclic amines) is 1. The fourth-order valence-electron chi connectivity index (χ4n) is 3.91. The first kappa shape index (κ1) is 26.7. The number of benzene rings is 1. The fraction of sp³-hybridized carbons (Fsp3) is 0.609. The number of esters is 1. The number of alkyl halides is 3. The molecule has 4 unspecified atom stereocenters. The Labute approximate surface area is 200 Å². The Morgan fingerprint density at radius 2 is 1.69 bits per heavy atom. The Morgan fingerprint density at radius 3 is 2.26 bits per heavy atom. The molecule has 0 aromatic heterocycles. The van der Waals surface area contributed by atoms with E-state index in [0.29, 0.717) is 0 Å². The number of halogens is 3. The quantitative estimate of drug-likeness (QED) is 0.631. The molecule has 4 atom stereocenters. The van der Waals surface area contributed by atoms with Crippen LogP contribution in [0.1, 0.15) is 40.2 Å². The van der Waals surface area contributed by atoms with Gasteiger partial charge in [-0.2, -0.15) is 13.2 Å². The molecule has 2 amide bonds. The van der Waals surface area contributed by atoms with Gasteiger partial charge in [-0.1, -0.05) is 30.3 Å². The molecular weight excluding hydrogens is 473 g/mol. The minimum absolute atomic E-state index is 0.0571. The molecule has 9 nitrogen and oxygen atoms in total. The van der Waals surface area contributed by atoms with Gasteiger partial charge < -0.3 is 24.3 Å². The predicted molar refractivity (Wildman–Crippen MR) is 114 cm³/mol. The molecule has 2 fully saturated rings. The lowest BCUT2D eigenvalue weighted by atomic mass is 9.90. The molecule has 0 bridgehead atoms. The van der Waals surface area contributed by atoms with Crippen molar-refractivity contribution in [3.05, 3.63) is 35.9 Å². The Kier molecular flexibility index (Phi) is 7.37. The van der Waals surface area contributed by atoms with Crippen molar-refractivity contribution in [1.29, 1.82) is 0 Å². The molecule has 1 aromatic rings. The highest BCUT2D eigenvalue weighted by Crippen LogP contribution is 2.39. The summed E-state index contributed by atoms with van der Waals surface area (Å²) in [6, 6.07) is 8.86. The number of carbonyl (C=O) groups is 3. The predicted octanol–water partition coefficient (Wildman–Crippen LogP) is 3.12. The lowest BCUT2D eigenvalue weighted by Gasteiger charge is -2.44. The number of nitrogens with zero attached hydrogens (tertiary/aromatic N) is 1. The molecule has 194 valence electrons. The zero-order valence-electron chi connectivity index (χ0n) is 20.0. The second-order valence-corrected chi connectivity index (χ2v) is 9.81. The van der Waals surface area contributed by atoms with Crippen molar-refractivity contribution in [3.63, 3.8) is 0 Å². The van der Waals surface area contributed by atoms with Crippen molar-refractivity contribution in [3.8, 4) is 0 Å². The molecule has 1 aromatic carbocycles. The van der Waals surface area contributed by atoms with E-state index in [-0.39, 0.29) is 6.61 Å². The van der Waals surface area contributed by atoms with Crippen LogP contribution in [0.3, 0.4) is 0 Å². The highest BCUT2D eigenvalue weighted by molar-refractivity contribution is 5.83. The van der Waals surface area contributed by atoms with Crippen molar-refractivity contribution in [2.45, 2.75) is 77.2 Å². The summed E-state index contributed by atoms with van der Waals surface area (Å²) < 4.78 is 61.6. The number of amides is 2. The number of hydrogen-bond donors (Lipinski definition) is 1. The third-order valence-corrected chi connectivity index (χ3v) is 5.29. The standard InChI is InChI=1S/C23H29F3N2O7/c1-21(2,3)35-20(31)28-11-14(18(29)32-12-13-9-7-6-8-10-13)15-16(34-22(4,5)33-15)17(28)27-19(30)23(24,25)26/h6-10,14-17H,11-12H2,1-5H3,(H,27,30). The van der Waals surface area contributed by atoms with Crippen LogP contribution in [0, 0.1) is 5.92 Å². The average molecular weight is 502 g/mol. The van der Waals surface area contributed by atoms with Crippen LogP contribution in [-0.4, -0.2) is 65.4 Å². The molecule has 3 rings (SSSR count). The third kappa shape index (κ3) is 6.63. The fourth-order valence-corrected chi connectivity index (χ4v) is 3.91. The number of carbonyl (C=O) groups excluding carboxylic acids is 3. The zero-order chi connectivity index (χ0) is 26.2. The van der Waals surface area contributed by atoms with Crippen molar-refractivity contribution in [2.24, 2.45) is 5.92 Å². The number of hydrogen-bond acceptors (Lipinski definition) is 7. The molecule has 35 heavy (non-hydrogen) atoms. The number of rotatable bonds is 4. The summed E-state index contributed by atoms with van der Waals surface area (Å²) in [4.78, 5) is 38.7. The van der Waals surface area contributed by atoms with Crippen LogP contribution < -0.4 is 5.32 Å². The van der Waals surface area contributed by atoms with Gasteiger partial charge >= 0.3 is 24.1 Å². The zero-order valence-corrected chi connectivity index (χ0v) is 20.0. The van der Waals surface area contributed by atoms with E-state index in [2.05, 4.69) is 0 Å². The highest BCUT2D eigenvalue weighted by atomic mass is 19.4. The molecule has 12 heteroatoms. The van der Waals surface area contributed by atoms with Gasteiger partial charge in [0.1, 0.15) is 36.5 Å². The summed E-state index contributed by atoms with van der Waals surface area (Å²) >= 11 is 0. The van der Waals surface area contributed by atoms with Gasteiger partial charge in [0, 0.05) is 6.54 Å². The van der Waals surface area contributed by atoms with Gasteiger partial charge in [-0.3, -0.25) is 14.5 Å². The summed E-state index contributed by atoms with van der Waals surface area (Å²) in [5.74, 6) is -5.43. The monoisotopic (exact) mass is 502 g/mol. The number of nitrogens with one attached hydrogen (secondary N) is 1. The molecule has 2 aliphatic heterocycles. The Hall–Kier alpha value is -2.86. The number of ether oxygens (including phenoxy) is 4. The first-order valence-corrected chi connectivity index (χ1v) is 11.0. The molecule has 1 N–H and O–H groups in total. The number of piperidine rings is 1. The minimum atomic E-state index is -5.21. The summed E-state index contributed by atoms with van der Waals surface area (Å²) in [5.41, 5.74) is -0.279. The molecule has 0 radical (unpaired) electrons. The van der Waals surface area contributed by atoms with E-state index < -0.39 is 66.4 Å². The van der Waals surface area contributed by atoms with Gasteiger partial charge in [-0.15, -0.1) is 0 Å². The first-order valence-electron chi connectivity index (χ1n) is 11.0. The van der Waals surface area contributed by atoms with Crippen LogP contribution in [0.5, 0.6) is 0 Å². The van der Waals surface area contributed by atoms with E-state index in [0.717, 1.165) is 10.5 Å². The molecule has 0 aliphatic carbocycles. The normalized spacial score (nSPS) is 26.0. The van der Waals surface area contributed by atoms with Gasteiger partial charge in [0.2, 0.25) is 0 Å². The Balaban J connectivity index is 1.91. The van der Waals surface area contributed by atoms with Crippen LogP contribution in [0.4, 0.5) is 18.0 Å². The van der Waals surface area contributed by atoms with E-state index in [1.165, 1.54) is 13.8 Å². The Bertz CT molecular complexity index is 947. The maximum atomic E-state index is 13.1. The number of fused-ring (bicyclic) bond motifs is 1. The van der Waals surface area contributed by atoms with Crippen LogP contribution in [0.25, 0.3) is 0 Å². The van der Waals surface area contributed by atoms with E-state index in [1.54, 1.807) is 56.4 Å². The van der Waals surface area contributed by atoms with Crippen molar-refractivity contribution < 1.29 is 46.5 Å². The van der Waals surface area contributed by atoms with Crippen LogP contribution >= 0.6 is 0 Å². The van der Waals surface area contributed by atoms with Gasteiger partial charge in [-0.25, -0.2) is 4.79 Å². The maximum Gasteiger partial charge on any atom is 0.471 e. The van der Waals surface area contributed by atoms with Crippen molar-refractivity contribution in [2.75, 3.05) is 6.54 Å². The van der Waals surface area contributed by atoms with Gasteiger partial charge in [0.05, 0.1) is 0 Å². The van der Waals surface area contributed by atoms with Gasteiger partial charge in [0.15, 0.2) is 5.79 Å². The van der Waals surface area contributed by atoms with Crippen LogP contribution in [-0.2, 0) is 35.1 Å². The first-order chi connectivity index (χ1) is 16.1. The smallest absolute Gasteiger partial charge is 0.460 e.